The van der Waals surface area contributed by atoms with E-state index in [1.165, 1.54) is 18.2 Å². The molecule has 0 atom stereocenters. The van der Waals surface area contributed by atoms with Crippen LogP contribution in [-0.2, 0) is 0 Å². The van der Waals surface area contributed by atoms with E-state index >= 15 is 0 Å². The third-order valence-corrected chi connectivity index (χ3v) is 2.37. The molecular formula is C11H8N4O3. The average Bonchev–Trinajstić information content (AvgIpc) is 2.99. The highest BCUT2D eigenvalue weighted by Crippen LogP contribution is 2.36. The van der Waals surface area contributed by atoms with E-state index in [2.05, 4.69) is 20.1 Å². The van der Waals surface area contributed by atoms with Crippen LogP contribution in [-0.4, -0.2) is 30.3 Å². The Bertz CT molecular complexity index is 655. The number of aromatic hydroxyl groups is 2. The molecule has 3 rings (SSSR count). The van der Waals surface area contributed by atoms with Crippen molar-refractivity contribution in [3.8, 4) is 34.6 Å². The van der Waals surface area contributed by atoms with Gasteiger partial charge in [0.25, 0.3) is 5.89 Å². The van der Waals surface area contributed by atoms with Gasteiger partial charge in [-0.3, -0.25) is 0 Å². The molecular weight excluding hydrogens is 236 g/mol. The first-order chi connectivity index (χ1) is 8.75. The molecule has 3 aromatic rings. The predicted molar refractivity (Wildman–Crippen MR) is 60.6 cm³/mol. The van der Waals surface area contributed by atoms with E-state index in [9.17, 15) is 10.2 Å². The number of nitrogens with one attached hydrogen (secondary N) is 1. The molecule has 0 aliphatic rings. The van der Waals surface area contributed by atoms with Gasteiger partial charge in [-0.05, 0) is 12.1 Å². The second-order valence-corrected chi connectivity index (χ2v) is 3.53. The van der Waals surface area contributed by atoms with E-state index in [1.807, 2.05) is 0 Å². The third kappa shape index (κ3) is 1.58. The van der Waals surface area contributed by atoms with Crippen molar-refractivity contribution in [2.45, 2.75) is 0 Å². The number of aromatic amines is 1. The molecule has 2 aromatic heterocycles. The maximum absolute atomic E-state index is 9.67. The van der Waals surface area contributed by atoms with Crippen LogP contribution in [0, 0.1) is 0 Å². The predicted octanol–water partition coefficient (Wildman–Crippen LogP) is 1.54. The second kappa shape index (κ2) is 3.88. The van der Waals surface area contributed by atoms with Gasteiger partial charge in [0.05, 0.1) is 0 Å². The Hall–Kier alpha value is -2.83. The molecule has 0 unspecified atom stereocenters. The first-order valence-corrected chi connectivity index (χ1v) is 5.10. The fraction of sp³-hybridized carbons (Fsp3) is 0. The highest BCUT2D eigenvalue weighted by Gasteiger charge is 2.18. The van der Waals surface area contributed by atoms with Crippen molar-refractivity contribution in [1.82, 2.24) is 20.1 Å². The van der Waals surface area contributed by atoms with Crippen molar-refractivity contribution in [1.29, 1.82) is 0 Å². The molecule has 0 amide bonds. The number of imidazole rings is 1. The first-order valence-electron chi connectivity index (χ1n) is 5.10. The molecule has 0 fully saturated rings. The normalized spacial score (nSPS) is 10.7. The summed E-state index contributed by atoms with van der Waals surface area (Å²) in [6.45, 7) is 0. The SMILES string of the molecule is Oc1cccc(O)c1-c1nc(-c2ncc[nH]2)no1. The fourth-order valence-electron chi connectivity index (χ4n) is 1.56. The number of H-pyrrole nitrogens is 1. The summed E-state index contributed by atoms with van der Waals surface area (Å²) in [5, 5.41) is 23.1. The van der Waals surface area contributed by atoms with Crippen LogP contribution in [0.3, 0.4) is 0 Å². The smallest absolute Gasteiger partial charge is 0.265 e. The van der Waals surface area contributed by atoms with Crippen LogP contribution in [0.25, 0.3) is 23.1 Å². The van der Waals surface area contributed by atoms with Gasteiger partial charge >= 0.3 is 0 Å². The molecule has 7 nitrogen and oxygen atoms in total. The number of hydrogen-bond acceptors (Lipinski definition) is 6. The summed E-state index contributed by atoms with van der Waals surface area (Å²) in [6, 6.07) is 4.36. The lowest BCUT2D eigenvalue weighted by Gasteiger charge is -2.00. The number of nitrogens with zero attached hydrogens (tertiary/aromatic N) is 3. The Labute approximate surface area is 101 Å². The van der Waals surface area contributed by atoms with Crippen LogP contribution < -0.4 is 0 Å². The number of benzene rings is 1. The Balaban J connectivity index is 2.09. The van der Waals surface area contributed by atoms with Gasteiger partial charge in [0.1, 0.15) is 17.1 Å². The monoisotopic (exact) mass is 244 g/mol. The van der Waals surface area contributed by atoms with E-state index in [0.717, 1.165) is 0 Å². The van der Waals surface area contributed by atoms with Gasteiger partial charge in [-0.15, -0.1) is 0 Å². The molecule has 0 radical (unpaired) electrons. The van der Waals surface area contributed by atoms with Crippen LogP contribution in [0.2, 0.25) is 0 Å². The Morgan fingerprint density at radius 1 is 1.17 bits per heavy atom. The lowest BCUT2D eigenvalue weighted by molar-refractivity contribution is 0.415. The van der Waals surface area contributed by atoms with Crippen LogP contribution in [0.4, 0.5) is 0 Å². The average molecular weight is 244 g/mol. The van der Waals surface area contributed by atoms with E-state index in [0.29, 0.717) is 5.82 Å². The lowest BCUT2D eigenvalue weighted by atomic mass is 10.2. The molecule has 90 valence electrons. The van der Waals surface area contributed by atoms with Crippen molar-refractivity contribution in [2.75, 3.05) is 0 Å². The number of rotatable bonds is 2. The highest BCUT2D eigenvalue weighted by atomic mass is 16.5. The van der Waals surface area contributed by atoms with Gasteiger partial charge in [0.2, 0.25) is 5.82 Å². The highest BCUT2D eigenvalue weighted by molar-refractivity contribution is 5.70. The van der Waals surface area contributed by atoms with Gasteiger partial charge < -0.3 is 19.7 Å². The zero-order valence-electron chi connectivity index (χ0n) is 9.03. The van der Waals surface area contributed by atoms with Crippen molar-refractivity contribution < 1.29 is 14.7 Å². The molecule has 0 saturated heterocycles. The zero-order chi connectivity index (χ0) is 12.5. The molecule has 0 saturated carbocycles. The molecule has 0 bridgehead atoms. The van der Waals surface area contributed by atoms with Crippen LogP contribution in [0.15, 0.2) is 35.1 Å². The van der Waals surface area contributed by atoms with Gasteiger partial charge in [0, 0.05) is 12.4 Å². The Morgan fingerprint density at radius 2 is 1.94 bits per heavy atom. The Kier molecular flexibility index (Phi) is 2.23. The Morgan fingerprint density at radius 3 is 2.61 bits per heavy atom. The molecule has 2 heterocycles. The topological polar surface area (TPSA) is 108 Å². The van der Waals surface area contributed by atoms with Crippen molar-refractivity contribution in [3.63, 3.8) is 0 Å². The summed E-state index contributed by atoms with van der Waals surface area (Å²) in [5.74, 6) is 0.448. The molecule has 1 aromatic carbocycles. The summed E-state index contributed by atoms with van der Waals surface area (Å²) >= 11 is 0. The van der Waals surface area contributed by atoms with Gasteiger partial charge in [0.15, 0.2) is 5.82 Å². The minimum absolute atomic E-state index is 0.0250. The molecule has 3 N–H and O–H groups in total. The van der Waals surface area contributed by atoms with E-state index < -0.39 is 0 Å². The summed E-state index contributed by atoms with van der Waals surface area (Å²) < 4.78 is 5.00. The third-order valence-electron chi connectivity index (χ3n) is 2.37. The summed E-state index contributed by atoms with van der Waals surface area (Å²) in [7, 11) is 0. The molecule has 7 heteroatoms. The maximum Gasteiger partial charge on any atom is 0.265 e. The number of phenolic OH excluding ortho intramolecular Hbond substituents is 2. The van der Waals surface area contributed by atoms with Crippen molar-refractivity contribution in [3.05, 3.63) is 30.6 Å². The molecule has 0 aliphatic carbocycles. The van der Waals surface area contributed by atoms with Crippen LogP contribution >= 0.6 is 0 Å². The minimum atomic E-state index is -0.135. The van der Waals surface area contributed by atoms with Gasteiger partial charge in [-0.2, -0.15) is 4.98 Å². The van der Waals surface area contributed by atoms with Gasteiger partial charge in [-0.1, -0.05) is 11.2 Å². The number of hydrogen-bond donors (Lipinski definition) is 3. The standard InChI is InChI=1S/C11H8N4O3/c16-6-2-1-3-7(17)8(6)11-14-10(15-18-11)9-12-4-5-13-9/h1-5,16-17H,(H,12,13). The maximum atomic E-state index is 9.67. The summed E-state index contributed by atoms with van der Waals surface area (Å²) in [5.41, 5.74) is 0.0998. The van der Waals surface area contributed by atoms with Crippen molar-refractivity contribution in [2.24, 2.45) is 0 Å². The molecule has 0 spiro atoms. The van der Waals surface area contributed by atoms with Crippen molar-refractivity contribution >= 4 is 0 Å². The quantitative estimate of drug-likeness (QED) is 0.631. The lowest BCUT2D eigenvalue weighted by Crippen LogP contribution is -1.84. The van der Waals surface area contributed by atoms with Crippen LogP contribution in [0.1, 0.15) is 0 Å². The molecule has 0 aliphatic heterocycles. The van der Waals surface area contributed by atoms with Crippen LogP contribution in [0.5, 0.6) is 11.5 Å². The second-order valence-electron chi connectivity index (χ2n) is 3.53. The largest absolute Gasteiger partial charge is 0.507 e. The summed E-state index contributed by atoms with van der Waals surface area (Å²) in [4.78, 5) is 10.9. The minimum Gasteiger partial charge on any atom is -0.507 e. The first kappa shape index (κ1) is 10.3. The zero-order valence-corrected chi connectivity index (χ0v) is 9.03. The molecule has 18 heavy (non-hydrogen) atoms. The van der Waals surface area contributed by atoms with E-state index in [-0.39, 0.29) is 28.8 Å². The fourth-order valence-corrected chi connectivity index (χ4v) is 1.56. The number of aromatic nitrogens is 4. The summed E-state index contributed by atoms with van der Waals surface area (Å²) in [6.07, 6.45) is 3.19. The van der Waals surface area contributed by atoms with E-state index in [4.69, 9.17) is 4.52 Å². The van der Waals surface area contributed by atoms with E-state index in [1.54, 1.807) is 12.4 Å². The van der Waals surface area contributed by atoms with Gasteiger partial charge in [-0.25, -0.2) is 4.98 Å². The number of phenols is 2.